The monoisotopic (exact) mass is 236 g/mol. The summed E-state index contributed by atoms with van der Waals surface area (Å²) in [6.45, 7) is 8.79. The summed E-state index contributed by atoms with van der Waals surface area (Å²) in [4.78, 5) is 6.73. The highest BCUT2D eigenvalue weighted by Gasteiger charge is 2.26. The average molecular weight is 236 g/mol. The molecule has 1 aromatic heterocycles. The Hall–Kier alpha value is -0.870. The normalized spacial score (nSPS) is 26.3. The smallest absolute Gasteiger partial charge is 0.0951 e. The minimum absolute atomic E-state index is 0.613. The molecule has 1 saturated heterocycles. The summed E-state index contributed by atoms with van der Waals surface area (Å²) in [6.07, 6.45) is 5.22. The minimum atomic E-state index is 0.613. The van der Waals surface area contributed by atoms with Gasteiger partial charge in [-0.1, -0.05) is 13.8 Å². The van der Waals surface area contributed by atoms with Gasteiger partial charge in [0.05, 0.1) is 12.0 Å². The van der Waals surface area contributed by atoms with Gasteiger partial charge in [0.15, 0.2) is 0 Å². The zero-order valence-electron chi connectivity index (χ0n) is 11.2. The predicted molar refractivity (Wildman–Crippen MR) is 69.9 cm³/mol. The molecule has 1 aliphatic rings. The summed E-state index contributed by atoms with van der Waals surface area (Å²) in [6, 6.07) is 0.613. The van der Waals surface area contributed by atoms with Gasteiger partial charge < -0.3 is 14.8 Å². The van der Waals surface area contributed by atoms with Gasteiger partial charge in [0.25, 0.3) is 0 Å². The van der Waals surface area contributed by atoms with Crippen LogP contribution >= 0.6 is 0 Å². The van der Waals surface area contributed by atoms with Crippen LogP contribution in [-0.2, 0) is 6.54 Å². The van der Waals surface area contributed by atoms with E-state index in [9.17, 15) is 0 Å². The topological polar surface area (TPSA) is 33.1 Å². The van der Waals surface area contributed by atoms with Crippen molar-refractivity contribution in [3.05, 3.63) is 18.2 Å². The van der Waals surface area contributed by atoms with E-state index in [2.05, 4.69) is 40.7 Å². The van der Waals surface area contributed by atoms with Gasteiger partial charge in [-0.3, -0.25) is 0 Å². The fourth-order valence-electron chi connectivity index (χ4n) is 2.78. The summed E-state index contributed by atoms with van der Waals surface area (Å²) in [5.41, 5.74) is 1.31. The summed E-state index contributed by atoms with van der Waals surface area (Å²) in [7, 11) is 2.21. The second-order valence-electron chi connectivity index (χ2n) is 5.17. The van der Waals surface area contributed by atoms with Crippen molar-refractivity contribution in [2.45, 2.75) is 32.9 Å². The van der Waals surface area contributed by atoms with Gasteiger partial charge >= 0.3 is 0 Å². The molecule has 1 aliphatic heterocycles. The Morgan fingerprint density at radius 1 is 1.53 bits per heavy atom. The fourth-order valence-corrected chi connectivity index (χ4v) is 2.78. The highest BCUT2D eigenvalue weighted by molar-refractivity contribution is 5.01. The second-order valence-corrected chi connectivity index (χ2v) is 5.17. The quantitative estimate of drug-likeness (QED) is 0.860. The van der Waals surface area contributed by atoms with Gasteiger partial charge in [-0.05, 0) is 32.5 Å². The SMILES string of the molecule is CCNCc1cncn1C1CCN(C)CC1C. The van der Waals surface area contributed by atoms with Gasteiger partial charge in [0, 0.05) is 25.3 Å². The number of imidazole rings is 1. The lowest BCUT2D eigenvalue weighted by Gasteiger charge is -2.36. The minimum Gasteiger partial charge on any atom is -0.330 e. The van der Waals surface area contributed by atoms with Crippen LogP contribution in [0, 0.1) is 5.92 Å². The third-order valence-electron chi connectivity index (χ3n) is 3.72. The van der Waals surface area contributed by atoms with Crippen molar-refractivity contribution in [2.24, 2.45) is 5.92 Å². The summed E-state index contributed by atoms with van der Waals surface area (Å²) in [5, 5.41) is 3.38. The van der Waals surface area contributed by atoms with Crippen molar-refractivity contribution in [2.75, 3.05) is 26.7 Å². The molecule has 0 bridgehead atoms. The maximum absolute atomic E-state index is 4.31. The number of nitrogens with zero attached hydrogens (tertiary/aromatic N) is 3. The van der Waals surface area contributed by atoms with Crippen LogP contribution in [0.3, 0.4) is 0 Å². The fraction of sp³-hybridized carbons (Fsp3) is 0.769. The molecule has 0 saturated carbocycles. The Labute approximate surface area is 104 Å². The lowest BCUT2D eigenvalue weighted by molar-refractivity contribution is 0.156. The zero-order chi connectivity index (χ0) is 12.3. The Morgan fingerprint density at radius 2 is 2.35 bits per heavy atom. The van der Waals surface area contributed by atoms with E-state index < -0.39 is 0 Å². The van der Waals surface area contributed by atoms with Gasteiger partial charge in [0.1, 0.15) is 0 Å². The standard InChI is InChI=1S/C13H24N4/c1-4-14-7-12-8-15-10-17(12)13-5-6-16(3)9-11(13)2/h8,10-11,13-14H,4-7,9H2,1-3H3. The van der Waals surface area contributed by atoms with Crippen molar-refractivity contribution in [3.63, 3.8) is 0 Å². The Balaban J connectivity index is 2.08. The molecule has 0 amide bonds. The molecule has 0 aromatic carbocycles. The van der Waals surface area contributed by atoms with E-state index in [0.29, 0.717) is 12.0 Å². The van der Waals surface area contributed by atoms with Gasteiger partial charge in [0.2, 0.25) is 0 Å². The molecule has 1 fully saturated rings. The molecule has 0 spiro atoms. The molecule has 2 unspecified atom stereocenters. The van der Waals surface area contributed by atoms with Gasteiger partial charge in [-0.15, -0.1) is 0 Å². The van der Waals surface area contributed by atoms with E-state index in [-0.39, 0.29) is 0 Å². The molecule has 1 aromatic rings. The van der Waals surface area contributed by atoms with E-state index in [1.54, 1.807) is 0 Å². The number of likely N-dealkylation sites (tertiary alicyclic amines) is 1. The van der Waals surface area contributed by atoms with E-state index in [4.69, 9.17) is 0 Å². The molecular formula is C13H24N4. The van der Waals surface area contributed by atoms with Crippen LogP contribution in [0.4, 0.5) is 0 Å². The number of aromatic nitrogens is 2. The third-order valence-corrected chi connectivity index (χ3v) is 3.72. The first kappa shape index (κ1) is 12.6. The molecule has 2 rings (SSSR count). The van der Waals surface area contributed by atoms with Crippen molar-refractivity contribution < 1.29 is 0 Å². The van der Waals surface area contributed by atoms with Crippen molar-refractivity contribution in [3.8, 4) is 0 Å². The lowest BCUT2D eigenvalue weighted by atomic mass is 9.94. The van der Waals surface area contributed by atoms with Crippen LogP contribution in [0.5, 0.6) is 0 Å². The highest BCUT2D eigenvalue weighted by Crippen LogP contribution is 2.28. The molecule has 4 nitrogen and oxygen atoms in total. The van der Waals surface area contributed by atoms with E-state index in [1.165, 1.54) is 25.2 Å². The van der Waals surface area contributed by atoms with Crippen molar-refractivity contribution in [1.82, 2.24) is 19.8 Å². The lowest BCUT2D eigenvalue weighted by Crippen LogP contribution is -2.38. The van der Waals surface area contributed by atoms with Gasteiger partial charge in [-0.2, -0.15) is 0 Å². The number of piperidine rings is 1. The Morgan fingerprint density at radius 3 is 3.06 bits per heavy atom. The zero-order valence-corrected chi connectivity index (χ0v) is 11.2. The van der Waals surface area contributed by atoms with Crippen LogP contribution < -0.4 is 5.32 Å². The van der Waals surface area contributed by atoms with E-state index in [0.717, 1.165) is 13.1 Å². The molecule has 4 heteroatoms. The predicted octanol–water partition coefficient (Wildman–Crippen LogP) is 1.51. The summed E-state index contributed by atoms with van der Waals surface area (Å²) >= 11 is 0. The van der Waals surface area contributed by atoms with Crippen LogP contribution in [0.25, 0.3) is 0 Å². The van der Waals surface area contributed by atoms with Gasteiger partial charge in [-0.25, -0.2) is 4.98 Å². The third kappa shape index (κ3) is 2.87. The van der Waals surface area contributed by atoms with Crippen molar-refractivity contribution in [1.29, 1.82) is 0 Å². The molecule has 96 valence electrons. The van der Waals surface area contributed by atoms with E-state index in [1.807, 2.05) is 12.5 Å². The average Bonchev–Trinajstić information content (AvgIpc) is 2.74. The number of nitrogens with one attached hydrogen (secondary N) is 1. The molecule has 0 aliphatic carbocycles. The van der Waals surface area contributed by atoms with Crippen LogP contribution in [0.2, 0.25) is 0 Å². The van der Waals surface area contributed by atoms with E-state index >= 15 is 0 Å². The molecule has 1 N–H and O–H groups in total. The maximum atomic E-state index is 4.31. The number of rotatable bonds is 4. The second kappa shape index (κ2) is 5.65. The molecule has 17 heavy (non-hydrogen) atoms. The summed E-state index contributed by atoms with van der Waals surface area (Å²) < 4.78 is 2.38. The number of hydrogen-bond donors (Lipinski definition) is 1. The Kier molecular flexibility index (Phi) is 4.18. The summed E-state index contributed by atoms with van der Waals surface area (Å²) in [5.74, 6) is 0.698. The first-order chi connectivity index (χ1) is 8.22. The maximum Gasteiger partial charge on any atom is 0.0951 e. The van der Waals surface area contributed by atoms with Crippen LogP contribution in [0.15, 0.2) is 12.5 Å². The van der Waals surface area contributed by atoms with Crippen molar-refractivity contribution >= 4 is 0 Å². The molecule has 2 atom stereocenters. The largest absolute Gasteiger partial charge is 0.330 e. The molecular weight excluding hydrogens is 212 g/mol. The highest BCUT2D eigenvalue weighted by atomic mass is 15.2. The van der Waals surface area contributed by atoms with Crippen LogP contribution in [0.1, 0.15) is 32.0 Å². The first-order valence-electron chi connectivity index (χ1n) is 6.62. The van der Waals surface area contributed by atoms with Crippen LogP contribution in [-0.4, -0.2) is 41.1 Å². The molecule has 2 heterocycles. The number of hydrogen-bond acceptors (Lipinski definition) is 3. The molecule has 0 radical (unpaired) electrons. The first-order valence-corrected chi connectivity index (χ1v) is 6.62. The Bertz CT molecular complexity index is 347.